The van der Waals surface area contributed by atoms with E-state index < -0.39 is 12.3 Å². The zero-order chi connectivity index (χ0) is 18.1. The number of fused-ring (bicyclic) bond motifs is 1. The molecule has 0 aliphatic rings. The van der Waals surface area contributed by atoms with Crippen LogP contribution in [-0.4, -0.2) is 39.6 Å². The highest BCUT2D eigenvalue weighted by atomic mass is 19.3. The Labute approximate surface area is 141 Å². The number of hydrogen-bond acceptors (Lipinski definition) is 5. The average Bonchev–Trinajstić information content (AvgIpc) is 3.03. The summed E-state index contributed by atoms with van der Waals surface area (Å²) in [6.07, 6.45) is -0.00892. The van der Waals surface area contributed by atoms with E-state index in [4.69, 9.17) is 4.74 Å². The van der Waals surface area contributed by atoms with E-state index in [1.54, 1.807) is 26.1 Å². The Kier molecular flexibility index (Phi) is 4.30. The monoisotopic (exact) mass is 347 g/mol. The number of carbonyl (C=O) groups excluding carboxylic acids is 1. The second-order valence-corrected chi connectivity index (χ2v) is 5.34. The quantitative estimate of drug-likeness (QED) is 0.725. The van der Waals surface area contributed by atoms with Gasteiger partial charge in [0.05, 0.1) is 25.2 Å². The number of halogens is 2. The molecule has 0 unspecified atom stereocenters. The minimum absolute atomic E-state index is 0.0913. The van der Waals surface area contributed by atoms with Crippen LogP contribution >= 0.6 is 0 Å². The second-order valence-electron chi connectivity index (χ2n) is 5.34. The van der Waals surface area contributed by atoms with Crippen LogP contribution in [0.4, 0.5) is 14.5 Å². The van der Waals surface area contributed by atoms with Gasteiger partial charge in [-0.05, 0) is 19.1 Å². The summed E-state index contributed by atoms with van der Waals surface area (Å²) in [5, 5.41) is 3.90. The Balaban J connectivity index is 2.01. The van der Waals surface area contributed by atoms with Gasteiger partial charge in [-0.25, -0.2) is 23.3 Å². The Morgan fingerprint density at radius 2 is 2.08 bits per heavy atom. The van der Waals surface area contributed by atoms with Crippen molar-refractivity contribution in [3.05, 3.63) is 47.5 Å². The van der Waals surface area contributed by atoms with Gasteiger partial charge in [0.1, 0.15) is 11.3 Å². The van der Waals surface area contributed by atoms with Gasteiger partial charge in [0, 0.05) is 18.8 Å². The van der Waals surface area contributed by atoms with E-state index in [1.165, 1.54) is 30.5 Å². The lowest BCUT2D eigenvalue weighted by Crippen LogP contribution is -2.26. The molecule has 0 saturated carbocycles. The third-order valence-electron chi connectivity index (χ3n) is 3.70. The number of hydrogen-bond donors (Lipinski definition) is 0. The van der Waals surface area contributed by atoms with Crippen molar-refractivity contribution in [1.82, 2.24) is 19.6 Å². The summed E-state index contributed by atoms with van der Waals surface area (Å²) in [5.74, 6) is -0.0141. The maximum absolute atomic E-state index is 13.2. The Hall–Kier alpha value is -3.10. The number of aryl methyl sites for hydroxylation is 1. The van der Waals surface area contributed by atoms with Crippen molar-refractivity contribution in [2.75, 3.05) is 19.1 Å². The number of methoxy groups -OCH3 is 1. The number of alkyl halides is 2. The van der Waals surface area contributed by atoms with Crippen LogP contribution in [0.1, 0.15) is 28.2 Å². The van der Waals surface area contributed by atoms with E-state index in [0.717, 1.165) is 4.52 Å². The molecule has 0 N–H and O–H groups in total. The number of amides is 1. The number of rotatable bonds is 4. The predicted molar refractivity (Wildman–Crippen MR) is 86.2 cm³/mol. The predicted octanol–water partition coefficient (Wildman–Crippen LogP) is 2.66. The van der Waals surface area contributed by atoms with Crippen LogP contribution in [0.3, 0.4) is 0 Å². The maximum Gasteiger partial charge on any atom is 0.280 e. The average molecular weight is 347 g/mol. The molecule has 3 heterocycles. The molecule has 0 atom stereocenters. The summed E-state index contributed by atoms with van der Waals surface area (Å²) < 4.78 is 32.3. The van der Waals surface area contributed by atoms with Gasteiger partial charge >= 0.3 is 0 Å². The highest BCUT2D eigenvalue weighted by Gasteiger charge is 2.23. The Morgan fingerprint density at radius 1 is 1.32 bits per heavy atom. The molecule has 0 aromatic carbocycles. The molecule has 3 rings (SSSR count). The number of ether oxygens (including phenoxy) is 1. The smallest absolute Gasteiger partial charge is 0.280 e. The van der Waals surface area contributed by atoms with Crippen molar-refractivity contribution in [1.29, 1.82) is 0 Å². The summed E-state index contributed by atoms with van der Waals surface area (Å²) in [6.45, 7) is 1.59. The largest absolute Gasteiger partial charge is 0.481 e. The minimum atomic E-state index is -2.73. The lowest BCUT2D eigenvalue weighted by atomic mass is 10.2. The molecule has 3 aromatic heterocycles. The summed E-state index contributed by atoms with van der Waals surface area (Å²) in [5.41, 5.74) is 0.811. The van der Waals surface area contributed by atoms with Gasteiger partial charge in [-0.2, -0.15) is 5.10 Å². The first-order valence-corrected chi connectivity index (χ1v) is 7.34. The number of aromatic nitrogens is 4. The molecule has 0 fully saturated rings. The molecule has 7 nitrogen and oxygen atoms in total. The molecule has 0 aliphatic heterocycles. The maximum atomic E-state index is 13.2. The van der Waals surface area contributed by atoms with E-state index in [9.17, 15) is 13.6 Å². The van der Waals surface area contributed by atoms with Crippen LogP contribution in [0.2, 0.25) is 0 Å². The molecule has 130 valence electrons. The molecule has 25 heavy (non-hydrogen) atoms. The fourth-order valence-electron chi connectivity index (χ4n) is 2.41. The van der Waals surface area contributed by atoms with Crippen molar-refractivity contribution in [3.8, 4) is 5.88 Å². The summed E-state index contributed by atoms with van der Waals surface area (Å²) in [6, 6.07) is 4.53. The molecule has 9 heteroatoms. The van der Waals surface area contributed by atoms with Gasteiger partial charge in [-0.1, -0.05) is 0 Å². The van der Waals surface area contributed by atoms with Gasteiger partial charge in [0.15, 0.2) is 5.65 Å². The highest BCUT2D eigenvalue weighted by molar-refractivity contribution is 6.09. The summed E-state index contributed by atoms with van der Waals surface area (Å²) >= 11 is 0. The molecular formula is C16H15F2N5O2. The van der Waals surface area contributed by atoms with Gasteiger partial charge in [-0.15, -0.1) is 0 Å². The molecule has 0 aliphatic carbocycles. The van der Waals surface area contributed by atoms with E-state index >= 15 is 0 Å². The van der Waals surface area contributed by atoms with Gasteiger partial charge < -0.3 is 9.64 Å². The number of nitrogens with zero attached hydrogens (tertiary/aromatic N) is 5. The third-order valence-corrected chi connectivity index (χ3v) is 3.70. The second kappa shape index (κ2) is 6.42. The van der Waals surface area contributed by atoms with E-state index in [1.807, 2.05) is 0 Å². The van der Waals surface area contributed by atoms with E-state index in [2.05, 4.69) is 15.1 Å². The first kappa shape index (κ1) is 16.7. The molecule has 0 radical (unpaired) electrons. The topological polar surface area (TPSA) is 72.6 Å². The van der Waals surface area contributed by atoms with Crippen LogP contribution in [0.15, 0.2) is 30.6 Å². The highest BCUT2D eigenvalue weighted by Crippen LogP contribution is 2.23. The SMILES string of the molecule is COc1ccc(N(C)C(=O)c2cnn3c(C(F)F)cc(C)nc23)cn1. The molecule has 0 bridgehead atoms. The van der Waals surface area contributed by atoms with E-state index in [-0.39, 0.29) is 16.9 Å². The molecule has 3 aromatic rings. The Morgan fingerprint density at radius 3 is 2.68 bits per heavy atom. The lowest BCUT2D eigenvalue weighted by Gasteiger charge is -2.16. The molecule has 0 saturated heterocycles. The molecule has 1 amide bonds. The number of anilines is 1. The van der Waals surface area contributed by atoms with Crippen LogP contribution in [0.5, 0.6) is 5.88 Å². The first-order valence-electron chi connectivity index (χ1n) is 7.34. The van der Waals surface area contributed by atoms with Crippen molar-refractivity contribution < 1.29 is 18.3 Å². The lowest BCUT2D eigenvalue weighted by molar-refractivity contribution is 0.0994. The zero-order valence-corrected chi connectivity index (χ0v) is 13.8. The number of pyridine rings is 1. The zero-order valence-electron chi connectivity index (χ0n) is 13.8. The van der Waals surface area contributed by atoms with E-state index in [0.29, 0.717) is 17.3 Å². The normalized spacial score (nSPS) is 11.1. The fourth-order valence-corrected chi connectivity index (χ4v) is 2.41. The van der Waals surface area contributed by atoms with Gasteiger partial charge in [0.2, 0.25) is 5.88 Å². The van der Waals surface area contributed by atoms with Crippen LogP contribution in [-0.2, 0) is 0 Å². The third kappa shape index (κ3) is 3.00. The van der Waals surface area contributed by atoms with Crippen molar-refractivity contribution in [3.63, 3.8) is 0 Å². The first-order chi connectivity index (χ1) is 11.9. The van der Waals surface area contributed by atoms with Gasteiger partial charge in [-0.3, -0.25) is 4.79 Å². The summed E-state index contributed by atoms with van der Waals surface area (Å²) in [4.78, 5) is 22.3. The van der Waals surface area contributed by atoms with Crippen LogP contribution in [0.25, 0.3) is 5.65 Å². The van der Waals surface area contributed by atoms with Crippen molar-refractivity contribution >= 4 is 17.2 Å². The van der Waals surface area contributed by atoms with Gasteiger partial charge in [0.25, 0.3) is 12.3 Å². The molecule has 0 spiro atoms. The van der Waals surface area contributed by atoms with Crippen molar-refractivity contribution in [2.24, 2.45) is 0 Å². The number of carbonyl (C=O) groups is 1. The van der Waals surface area contributed by atoms with Crippen molar-refractivity contribution in [2.45, 2.75) is 13.3 Å². The minimum Gasteiger partial charge on any atom is -0.481 e. The molecular weight excluding hydrogens is 332 g/mol. The standard InChI is InChI=1S/C16H15F2N5O2/c1-9-6-12(14(17)18)23-15(21-9)11(8-20-23)16(24)22(2)10-4-5-13(25-3)19-7-10/h4-8,14H,1-3H3. The van der Waals surface area contributed by atoms with Crippen LogP contribution < -0.4 is 9.64 Å². The Bertz CT molecular complexity index is 924. The van der Waals surface area contributed by atoms with Crippen LogP contribution in [0, 0.1) is 6.92 Å². The summed E-state index contributed by atoms with van der Waals surface area (Å²) in [7, 11) is 3.05. The fraction of sp³-hybridized carbons (Fsp3) is 0.250.